The van der Waals surface area contributed by atoms with Crippen LogP contribution in [0.25, 0.3) is 0 Å². The fourth-order valence-electron chi connectivity index (χ4n) is 1.96. The zero-order chi connectivity index (χ0) is 15.1. The van der Waals surface area contributed by atoms with E-state index < -0.39 is 0 Å². The van der Waals surface area contributed by atoms with Gasteiger partial charge in [-0.3, -0.25) is 0 Å². The summed E-state index contributed by atoms with van der Waals surface area (Å²) >= 11 is 3.44. The van der Waals surface area contributed by atoms with E-state index in [-0.39, 0.29) is 12.6 Å². The molecular formula is C17H17BrN2O. The lowest BCUT2D eigenvalue weighted by molar-refractivity contribution is 0.368. The molecule has 0 bridgehead atoms. The smallest absolute Gasteiger partial charge is 0.174 e. The third-order valence-electron chi connectivity index (χ3n) is 3.21. The Labute approximate surface area is 133 Å². The molecule has 2 aromatic carbocycles. The number of hydrogen-bond acceptors (Lipinski definition) is 3. The summed E-state index contributed by atoms with van der Waals surface area (Å²) < 4.78 is 6.32. The minimum atomic E-state index is 0.0815. The first-order chi connectivity index (χ1) is 10.2. The van der Waals surface area contributed by atoms with Crippen molar-refractivity contribution in [2.45, 2.75) is 19.5 Å². The van der Waals surface area contributed by atoms with Crippen molar-refractivity contribution in [1.29, 1.82) is 5.26 Å². The van der Waals surface area contributed by atoms with Crippen LogP contribution in [0.15, 0.2) is 53.0 Å². The fourth-order valence-corrected chi connectivity index (χ4v) is 2.22. The number of nitrogens with zero attached hydrogens (tertiary/aromatic N) is 1. The maximum atomic E-state index is 8.46. The maximum absolute atomic E-state index is 8.46. The Hall–Kier alpha value is -1.83. The summed E-state index contributed by atoms with van der Waals surface area (Å²) in [6.45, 7) is 3.02. The van der Waals surface area contributed by atoms with E-state index in [0.29, 0.717) is 0 Å². The zero-order valence-electron chi connectivity index (χ0n) is 11.8. The largest absolute Gasteiger partial charge is 0.479 e. The SMILES string of the molecule is CC(NCc1ccc(OCC#N)cc1)c1ccc(Br)cc1. The van der Waals surface area contributed by atoms with Gasteiger partial charge in [0.15, 0.2) is 6.61 Å². The second kappa shape index (κ2) is 7.82. The van der Waals surface area contributed by atoms with Crippen LogP contribution >= 0.6 is 15.9 Å². The summed E-state index contributed by atoms with van der Waals surface area (Å²) in [5.41, 5.74) is 2.44. The van der Waals surface area contributed by atoms with Crippen molar-refractivity contribution in [2.75, 3.05) is 6.61 Å². The molecule has 0 aliphatic rings. The molecule has 0 amide bonds. The van der Waals surface area contributed by atoms with Crippen LogP contribution in [0.1, 0.15) is 24.1 Å². The molecule has 4 heteroatoms. The summed E-state index contributed by atoms with van der Waals surface area (Å²) in [4.78, 5) is 0. The molecule has 0 aliphatic heterocycles. The number of hydrogen-bond donors (Lipinski definition) is 1. The molecule has 1 atom stereocenters. The molecule has 0 heterocycles. The Bertz CT molecular complexity index is 602. The molecule has 0 aromatic heterocycles. The van der Waals surface area contributed by atoms with E-state index in [4.69, 9.17) is 10.00 Å². The number of halogens is 1. The first-order valence-electron chi connectivity index (χ1n) is 6.76. The second-order valence-electron chi connectivity index (χ2n) is 4.74. The molecule has 2 rings (SSSR count). The van der Waals surface area contributed by atoms with Gasteiger partial charge in [-0.1, -0.05) is 40.2 Å². The summed E-state index contributed by atoms with van der Waals surface area (Å²) in [7, 11) is 0. The predicted octanol–water partition coefficient (Wildman–Crippen LogP) is 4.20. The van der Waals surface area contributed by atoms with Gasteiger partial charge in [-0.15, -0.1) is 0 Å². The monoisotopic (exact) mass is 344 g/mol. The number of ether oxygens (including phenoxy) is 1. The minimum absolute atomic E-state index is 0.0815. The van der Waals surface area contributed by atoms with Crippen LogP contribution < -0.4 is 10.1 Å². The van der Waals surface area contributed by atoms with Crippen LogP contribution in [0, 0.1) is 11.3 Å². The highest BCUT2D eigenvalue weighted by atomic mass is 79.9. The summed E-state index contributed by atoms with van der Waals surface area (Å²) in [5.74, 6) is 0.723. The van der Waals surface area contributed by atoms with Crippen LogP contribution in [0.4, 0.5) is 0 Å². The third kappa shape index (κ3) is 4.89. The molecule has 21 heavy (non-hydrogen) atoms. The lowest BCUT2D eigenvalue weighted by atomic mass is 10.1. The molecule has 2 aromatic rings. The van der Waals surface area contributed by atoms with Crippen molar-refractivity contribution >= 4 is 15.9 Å². The lowest BCUT2D eigenvalue weighted by Crippen LogP contribution is -2.17. The van der Waals surface area contributed by atoms with Gasteiger partial charge in [-0.2, -0.15) is 5.26 Å². The molecule has 0 aliphatic carbocycles. The van der Waals surface area contributed by atoms with Gasteiger partial charge in [0.25, 0.3) is 0 Å². The van der Waals surface area contributed by atoms with Gasteiger partial charge >= 0.3 is 0 Å². The van der Waals surface area contributed by atoms with E-state index >= 15 is 0 Å². The highest BCUT2D eigenvalue weighted by Crippen LogP contribution is 2.17. The molecule has 0 saturated heterocycles. The molecule has 108 valence electrons. The van der Waals surface area contributed by atoms with Gasteiger partial charge in [0.1, 0.15) is 11.8 Å². The minimum Gasteiger partial charge on any atom is -0.479 e. The Kier molecular flexibility index (Phi) is 5.79. The van der Waals surface area contributed by atoms with Gasteiger partial charge in [0, 0.05) is 17.1 Å². The molecule has 1 N–H and O–H groups in total. The van der Waals surface area contributed by atoms with Crippen LogP contribution in [0.5, 0.6) is 5.75 Å². The van der Waals surface area contributed by atoms with E-state index in [1.54, 1.807) is 0 Å². The highest BCUT2D eigenvalue weighted by molar-refractivity contribution is 9.10. The quantitative estimate of drug-likeness (QED) is 0.853. The first kappa shape index (κ1) is 15.6. The van der Waals surface area contributed by atoms with E-state index in [1.165, 1.54) is 11.1 Å². The van der Waals surface area contributed by atoms with Crippen LogP contribution in [0.3, 0.4) is 0 Å². The third-order valence-corrected chi connectivity index (χ3v) is 3.74. The predicted molar refractivity (Wildman–Crippen MR) is 86.9 cm³/mol. The number of benzene rings is 2. The Balaban J connectivity index is 1.87. The summed E-state index contributed by atoms with van der Waals surface area (Å²) in [6.07, 6.45) is 0. The number of rotatable bonds is 6. The molecule has 0 spiro atoms. The standard InChI is InChI=1S/C17H17BrN2O/c1-13(15-4-6-16(18)7-5-15)20-12-14-2-8-17(9-3-14)21-11-10-19/h2-9,13,20H,11-12H2,1H3. The van der Waals surface area contributed by atoms with Crippen molar-refractivity contribution in [3.05, 3.63) is 64.1 Å². The number of nitrogens with one attached hydrogen (secondary N) is 1. The fraction of sp³-hybridized carbons (Fsp3) is 0.235. The molecule has 3 nitrogen and oxygen atoms in total. The molecular weight excluding hydrogens is 328 g/mol. The van der Waals surface area contributed by atoms with Gasteiger partial charge in [0.2, 0.25) is 0 Å². The van der Waals surface area contributed by atoms with E-state index in [0.717, 1.165) is 16.8 Å². The molecule has 0 fully saturated rings. The van der Waals surface area contributed by atoms with Crippen molar-refractivity contribution in [3.63, 3.8) is 0 Å². The van der Waals surface area contributed by atoms with Gasteiger partial charge in [-0.25, -0.2) is 0 Å². The normalized spacial score (nSPS) is 11.7. The molecule has 1 unspecified atom stereocenters. The molecule has 0 saturated carbocycles. The average Bonchev–Trinajstić information content (AvgIpc) is 2.52. The topological polar surface area (TPSA) is 45.0 Å². The zero-order valence-corrected chi connectivity index (χ0v) is 13.4. The van der Waals surface area contributed by atoms with E-state index in [9.17, 15) is 0 Å². The van der Waals surface area contributed by atoms with Crippen LogP contribution in [0.2, 0.25) is 0 Å². The van der Waals surface area contributed by atoms with Crippen LogP contribution in [-0.4, -0.2) is 6.61 Å². The Morgan fingerprint density at radius 2 is 1.81 bits per heavy atom. The maximum Gasteiger partial charge on any atom is 0.174 e. The first-order valence-corrected chi connectivity index (χ1v) is 7.56. The second-order valence-corrected chi connectivity index (χ2v) is 5.66. The average molecular weight is 345 g/mol. The van der Waals surface area contributed by atoms with E-state index in [2.05, 4.69) is 52.4 Å². The van der Waals surface area contributed by atoms with Crippen molar-refractivity contribution in [2.24, 2.45) is 0 Å². The summed E-state index contributed by atoms with van der Waals surface area (Å²) in [6, 6.07) is 18.4. The van der Waals surface area contributed by atoms with E-state index in [1.807, 2.05) is 30.3 Å². The van der Waals surface area contributed by atoms with Crippen molar-refractivity contribution < 1.29 is 4.74 Å². The van der Waals surface area contributed by atoms with Gasteiger partial charge in [-0.05, 0) is 42.3 Å². The van der Waals surface area contributed by atoms with Crippen molar-refractivity contribution in [3.8, 4) is 11.8 Å². The van der Waals surface area contributed by atoms with Crippen molar-refractivity contribution in [1.82, 2.24) is 5.32 Å². The van der Waals surface area contributed by atoms with Gasteiger partial charge in [0.05, 0.1) is 0 Å². The Morgan fingerprint density at radius 3 is 2.43 bits per heavy atom. The summed E-state index contributed by atoms with van der Waals surface area (Å²) in [5, 5.41) is 12.0. The molecule has 0 radical (unpaired) electrons. The highest BCUT2D eigenvalue weighted by Gasteiger charge is 2.04. The lowest BCUT2D eigenvalue weighted by Gasteiger charge is -2.14. The number of nitriles is 1. The Morgan fingerprint density at radius 1 is 1.14 bits per heavy atom. The van der Waals surface area contributed by atoms with Crippen LogP contribution in [-0.2, 0) is 6.54 Å². The van der Waals surface area contributed by atoms with Gasteiger partial charge < -0.3 is 10.1 Å².